The number of carbonyl (C=O) groups is 1. The summed E-state index contributed by atoms with van der Waals surface area (Å²) in [6.45, 7) is 7.32. The Morgan fingerprint density at radius 1 is 1.18 bits per heavy atom. The molecule has 2 aliphatic rings. The number of hydrogen-bond donors (Lipinski definition) is 1. The van der Waals surface area contributed by atoms with Crippen LogP contribution in [0.25, 0.3) is 0 Å². The molecule has 0 spiro atoms. The molecule has 3 heteroatoms. The molecule has 17 heavy (non-hydrogen) atoms. The molecule has 0 aromatic rings. The minimum absolute atomic E-state index is 0.0111. The van der Waals surface area contributed by atoms with Crippen molar-refractivity contribution in [1.82, 2.24) is 10.2 Å². The summed E-state index contributed by atoms with van der Waals surface area (Å²) >= 11 is 0. The highest BCUT2D eigenvalue weighted by Crippen LogP contribution is 2.31. The van der Waals surface area contributed by atoms with Crippen molar-refractivity contribution in [3.63, 3.8) is 0 Å². The molecule has 98 valence electrons. The Morgan fingerprint density at radius 3 is 2.24 bits per heavy atom. The number of hydrogen-bond acceptors (Lipinski definition) is 2. The Balaban J connectivity index is 1.83. The largest absolute Gasteiger partial charge is 0.326 e. The second-order valence-electron chi connectivity index (χ2n) is 5.85. The quantitative estimate of drug-likeness (QED) is 0.818. The van der Waals surface area contributed by atoms with E-state index in [2.05, 4.69) is 19.2 Å². The van der Waals surface area contributed by atoms with Crippen LogP contribution in [0.15, 0.2) is 0 Å². The average Bonchev–Trinajstić information content (AvgIpc) is 2.57. The second kappa shape index (κ2) is 5.38. The Morgan fingerprint density at radius 2 is 1.76 bits per heavy atom. The summed E-state index contributed by atoms with van der Waals surface area (Å²) in [6.07, 6.45) is 6.89. The summed E-state index contributed by atoms with van der Waals surface area (Å²) in [6, 6.07) is 0.0111. The summed E-state index contributed by atoms with van der Waals surface area (Å²) in [5.41, 5.74) is 0. The van der Waals surface area contributed by atoms with Gasteiger partial charge in [-0.15, -0.1) is 0 Å². The van der Waals surface area contributed by atoms with E-state index in [1.807, 2.05) is 11.8 Å². The van der Waals surface area contributed by atoms with Crippen molar-refractivity contribution in [2.45, 2.75) is 65.1 Å². The van der Waals surface area contributed by atoms with E-state index in [9.17, 15) is 4.79 Å². The van der Waals surface area contributed by atoms with Crippen molar-refractivity contribution in [1.29, 1.82) is 0 Å². The molecule has 1 heterocycles. The minimum atomic E-state index is 0.0111. The lowest BCUT2D eigenvalue weighted by atomic mass is 9.80. The van der Waals surface area contributed by atoms with Gasteiger partial charge in [0.05, 0.1) is 12.2 Å². The third-order valence-electron chi connectivity index (χ3n) is 4.61. The predicted octanol–water partition coefficient (Wildman–Crippen LogP) is 2.37. The number of carbonyl (C=O) groups excluding carboxylic acids is 1. The van der Waals surface area contributed by atoms with Crippen LogP contribution < -0.4 is 5.32 Å². The molecular weight excluding hydrogens is 212 g/mol. The normalized spacial score (nSPS) is 38.8. The Hall–Kier alpha value is -0.570. The highest BCUT2D eigenvalue weighted by atomic mass is 16.2. The average molecular weight is 238 g/mol. The van der Waals surface area contributed by atoms with Gasteiger partial charge in [-0.25, -0.2) is 0 Å². The minimum Gasteiger partial charge on any atom is -0.326 e. The van der Waals surface area contributed by atoms with Crippen LogP contribution in [0.1, 0.15) is 52.9 Å². The van der Waals surface area contributed by atoms with Gasteiger partial charge in [-0.2, -0.15) is 0 Å². The lowest BCUT2D eigenvalue weighted by Gasteiger charge is -2.32. The van der Waals surface area contributed by atoms with Crippen LogP contribution in [-0.2, 0) is 4.79 Å². The van der Waals surface area contributed by atoms with Crippen LogP contribution in [0, 0.1) is 11.8 Å². The Kier molecular flexibility index (Phi) is 4.08. The topological polar surface area (TPSA) is 32.3 Å². The zero-order chi connectivity index (χ0) is 12.4. The van der Waals surface area contributed by atoms with Gasteiger partial charge >= 0.3 is 0 Å². The second-order valence-corrected chi connectivity index (χ2v) is 5.85. The monoisotopic (exact) mass is 238 g/mol. The smallest absolute Gasteiger partial charge is 0.240 e. The summed E-state index contributed by atoms with van der Waals surface area (Å²) in [5, 5.41) is 3.30. The fraction of sp³-hybridized carbons (Fsp3) is 0.929. The number of nitrogens with zero attached hydrogens (tertiary/aromatic N) is 1. The van der Waals surface area contributed by atoms with E-state index in [-0.39, 0.29) is 18.1 Å². The molecule has 0 bridgehead atoms. The number of rotatable bonds is 3. The summed E-state index contributed by atoms with van der Waals surface area (Å²) in [5.74, 6) is 1.96. The zero-order valence-corrected chi connectivity index (χ0v) is 11.4. The van der Waals surface area contributed by atoms with Crippen LogP contribution in [0.5, 0.6) is 0 Å². The Labute approximate surface area is 105 Å². The fourth-order valence-corrected chi connectivity index (χ4v) is 3.31. The molecule has 0 aromatic heterocycles. The number of amides is 1. The van der Waals surface area contributed by atoms with Crippen LogP contribution in [0.3, 0.4) is 0 Å². The standard InChI is InChI=1S/C14H26N2O/c1-4-12-5-7-13(8-6-12)9-16-11(3)15-10(2)14(16)17/h10-13,15H,4-9H2,1-3H3. The Bertz CT molecular complexity index is 271. The molecule has 1 aliphatic carbocycles. The maximum atomic E-state index is 12.0. The van der Waals surface area contributed by atoms with Crippen molar-refractivity contribution in [2.75, 3.05) is 6.54 Å². The first-order chi connectivity index (χ1) is 8.11. The molecular formula is C14H26N2O. The van der Waals surface area contributed by atoms with E-state index in [4.69, 9.17) is 0 Å². The van der Waals surface area contributed by atoms with Gasteiger partial charge in [0.25, 0.3) is 0 Å². The van der Waals surface area contributed by atoms with E-state index >= 15 is 0 Å². The SMILES string of the molecule is CCC1CCC(CN2C(=O)C(C)NC2C)CC1. The van der Waals surface area contributed by atoms with E-state index in [0.717, 1.165) is 18.4 Å². The van der Waals surface area contributed by atoms with Gasteiger partial charge < -0.3 is 4.90 Å². The first-order valence-corrected chi connectivity index (χ1v) is 7.18. The molecule has 0 radical (unpaired) electrons. The molecule has 1 N–H and O–H groups in total. The lowest BCUT2D eigenvalue weighted by Crippen LogP contribution is -2.39. The zero-order valence-electron chi connectivity index (χ0n) is 11.4. The third kappa shape index (κ3) is 2.82. The van der Waals surface area contributed by atoms with Gasteiger partial charge in [0.2, 0.25) is 5.91 Å². The molecule has 2 rings (SSSR count). The van der Waals surface area contributed by atoms with Crippen LogP contribution in [0.2, 0.25) is 0 Å². The van der Waals surface area contributed by atoms with Crippen molar-refractivity contribution >= 4 is 5.91 Å². The number of nitrogens with one attached hydrogen (secondary N) is 1. The molecule has 2 unspecified atom stereocenters. The lowest BCUT2D eigenvalue weighted by molar-refractivity contribution is -0.130. The van der Waals surface area contributed by atoms with E-state index in [0.29, 0.717) is 0 Å². The molecule has 1 saturated heterocycles. The molecule has 2 fully saturated rings. The van der Waals surface area contributed by atoms with Gasteiger partial charge in [-0.3, -0.25) is 10.1 Å². The summed E-state index contributed by atoms with van der Waals surface area (Å²) in [7, 11) is 0. The summed E-state index contributed by atoms with van der Waals surface area (Å²) < 4.78 is 0. The highest BCUT2D eigenvalue weighted by Gasteiger charge is 2.35. The highest BCUT2D eigenvalue weighted by molar-refractivity contribution is 5.83. The van der Waals surface area contributed by atoms with Gasteiger partial charge in [-0.05, 0) is 38.5 Å². The van der Waals surface area contributed by atoms with Crippen LogP contribution in [0.4, 0.5) is 0 Å². The van der Waals surface area contributed by atoms with Crippen molar-refractivity contribution in [3.05, 3.63) is 0 Å². The predicted molar refractivity (Wildman–Crippen MR) is 69.5 cm³/mol. The van der Waals surface area contributed by atoms with Crippen LogP contribution in [-0.4, -0.2) is 29.6 Å². The van der Waals surface area contributed by atoms with Gasteiger partial charge in [0.15, 0.2) is 0 Å². The maximum absolute atomic E-state index is 12.0. The summed E-state index contributed by atoms with van der Waals surface area (Å²) in [4.78, 5) is 14.0. The van der Waals surface area contributed by atoms with Crippen LogP contribution >= 0.6 is 0 Å². The van der Waals surface area contributed by atoms with E-state index < -0.39 is 0 Å². The van der Waals surface area contributed by atoms with E-state index in [1.165, 1.54) is 32.1 Å². The van der Waals surface area contributed by atoms with Crippen molar-refractivity contribution < 1.29 is 4.79 Å². The van der Waals surface area contributed by atoms with Crippen molar-refractivity contribution in [3.8, 4) is 0 Å². The third-order valence-corrected chi connectivity index (χ3v) is 4.61. The van der Waals surface area contributed by atoms with Gasteiger partial charge in [0, 0.05) is 6.54 Å². The van der Waals surface area contributed by atoms with Crippen molar-refractivity contribution in [2.24, 2.45) is 11.8 Å². The fourth-order valence-electron chi connectivity index (χ4n) is 3.31. The molecule has 1 saturated carbocycles. The first-order valence-electron chi connectivity index (χ1n) is 7.18. The molecule has 1 amide bonds. The molecule has 2 atom stereocenters. The van der Waals surface area contributed by atoms with Gasteiger partial charge in [0.1, 0.15) is 0 Å². The van der Waals surface area contributed by atoms with E-state index in [1.54, 1.807) is 0 Å². The van der Waals surface area contributed by atoms with Gasteiger partial charge in [-0.1, -0.05) is 26.2 Å². The maximum Gasteiger partial charge on any atom is 0.240 e. The molecule has 0 aromatic carbocycles. The molecule has 1 aliphatic heterocycles. The molecule has 3 nitrogen and oxygen atoms in total. The first kappa shape index (κ1) is 12.9.